The number of piperidine rings is 1. The molecule has 0 saturated carbocycles. The molecular formula is C20H23NO4S. The number of hydrogen-bond donors (Lipinski definition) is 0. The van der Waals surface area contributed by atoms with Crippen LogP contribution >= 0.6 is 11.8 Å². The van der Waals surface area contributed by atoms with Crippen molar-refractivity contribution < 1.29 is 13.9 Å². The summed E-state index contributed by atoms with van der Waals surface area (Å²) in [5.74, 6) is 2.61. The summed E-state index contributed by atoms with van der Waals surface area (Å²) in [5, 5.41) is 0. The Morgan fingerprint density at radius 1 is 1.23 bits per heavy atom. The summed E-state index contributed by atoms with van der Waals surface area (Å²) in [6.45, 7) is 3.11. The zero-order chi connectivity index (χ0) is 18.4. The Morgan fingerprint density at radius 2 is 1.96 bits per heavy atom. The highest BCUT2D eigenvalue weighted by Gasteiger charge is 2.24. The van der Waals surface area contributed by atoms with Crippen molar-refractivity contribution in [2.75, 3.05) is 18.8 Å². The van der Waals surface area contributed by atoms with Gasteiger partial charge in [-0.05, 0) is 12.5 Å². The van der Waals surface area contributed by atoms with Gasteiger partial charge in [0.15, 0.2) is 0 Å². The van der Waals surface area contributed by atoms with Gasteiger partial charge in [-0.15, -0.1) is 11.8 Å². The van der Waals surface area contributed by atoms with Crippen LogP contribution in [-0.2, 0) is 10.5 Å². The fourth-order valence-corrected chi connectivity index (χ4v) is 3.87. The molecule has 0 radical (unpaired) electrons. The predicted molar refractivity (Wildman–Crippen MR) is 103 cm³/mol. The zero-order valence-corrected chi connectivity index (χ0v) is 15.7. The highest BCUT2D eigenvalue weighted by molar-refractivity contribution is 7.99. The van der Waals surface area contributed by atoms with Crippen molar-refractivity contribution >= 4 is 17.7 Å². The van der Waals surface area contributed by atoms with Gasteiger partial charge in [-0.2, -0.15) is 0 Å². The molecule has 3 rings (SSSR count). The molecule has 0 atom stereocenters. The molecular weight excluding hydrogens is 350 g/mol. The predicted octanol–water partition coefficient (Wildman–Crippen LogP) is 3.25. The number of nitrogens with zero attached hydrogens (tertiary/aromatic N) is 1. The molecule has 6 heteroatoms. The van der Waals surface area contributed by atoms with E-state index in [2.05, 4.69) is 12.1 Å². The third kappa shape index (κ3) is 5.39. The van der Waals surface area contributed by atoms with Crippen LogP contribution in [0.15, 0.2) is 51.7 Å². The lowest BCUT2D eigenvalue weighted by atomic mass is 10.1. The molecule has 1 aromatic heterocycles. The van der Waals surface area contributed by atoms with Crippen LogP contribution < -0.4 is 10.4 Å². The molecule has 2 heterocycles. The number of rotatable bonds is 6. The minimum absolute atomic E-state index is 0.0252. The Kier molecular flexibility index (Phi) is 6.39. The van der Waals surface area contributed by atoms with Gasteiger partial charge in [0.25, 0.3) is 0 Å². The van der Waals surface area contributed by atoms with E-state index < -0.39 is 5.63 Å². The molecule has 5 nitrogen and oxygen atoms in total. The molecule has 1 aliphatic rings. The highest BCUT2D eigenvalue weighted by atomic mass is 32.2. The van der Waals surface area contributed by atoms with Crippen molar-refractivity contribution in [3.63, 3.8) is 0 Å². The Bertz CT molecular complexity index is 782. The van der Waals surface area contributed by atoms with E-state index >= 15 is 0 Å². The minimum atomic E-state index is -0.400. The van der Waals surface area contributed by atoms with Crippen molar-refractivity contribution in [1.29, 1.82) is 0 Å². The average molecular weight is 373 g/mol. The van der Waals surface area contributed by atoms with Crippen molar-refractivity contribution in [3.8, 4) is 5.75 Å². The number of carbonyl (C=O) groups is 1. The lowest BCUT2D eigenvalue weighted by Crippen LogP contribution is -2.42. The Balaban J connectivity index is 1.41. The molecule has 0 spiro atoms. The second-order valence-electron chi connectivity index (χ2n) is 6.40. The number of hydrogen-bond acceptors (Lipinski definition) is 5. The third-order valence-corrected chi connectivity index (χ3v) is 5.29. The maximum absolute atomic E-state index is 12.4. The maximum atomic E-state index is 12.4. The molecule has 26 heavy (non-hydrogen) atoms. The zero-order valence-electron chi connectivity index (χ0n) is 14.8. The minimum Gasteiger partial charge on any atom is -0.490 e. The number of likely N-dealkylation sites (tertiary alicyclic amines) is 1. The van der Waals surface area contributed by atoms with Crippen LogP contribution in [0.3, 0.4) is 0 Å². The molecule has 1 aliphatic heterocycles. The van der Waals surface area contributed by atoms with Crippen LogP contribution in [0, 0.1) is 6.92 Å². The third-order valence-electron chi connectivity index (χ3n) is 4.30. The molecule has 2 aromatic rings. The van der Waals surface area contributed by atoms with E-state index in [0.717, 1.165) is 18.6 Å². The first-order chi connectivity index (χ1) is 12.6. The van der Waals surface area contributed by atoms with Gasteiger partial charge in [-0.1, -0.05) is 30.3 Å². The van der Waals surface area contributed by atoms with Crippen molar-refractivity contribution in [2.45, 2.75) is 31.6 Å². The molecule has 1 aromatic carbocycles. The van der Waals surface area contributed by atoms with Gasteiger partial charge in [0.1, 0.15) is 17.6 Å². The van der Waals surface area contributed by atoms with E-state index in [4.69, 9.17) is 9.15 Å². The summed E-state index contributed by atoms with van der Waals surface area (Å²) in [7, 11) is 0. The molecule has 0 unspecified atom stereocenters. The first kappa shape index (κ1) is 18.6. The van der Waals surface area contributed by atoms with E-state index in [0.29, 0.717) is 30.4 Å². The van der Waals surface area contributed by atoms with Crippen LogP contribution in [0.2, 0.25) is 0 Å². The van der Waals surface area contributed by atoms with Crippen molar-refractivity contribution in [1.82, 2.24) is 4.90 Å². The number of benzene rings is 1. The summed E-state index contributed by atoms with van der Waals surface area (Å²) >= 11 is 1.65. The second-order valence-corrected chi connectivity index (χ2v) is 7.38. The Hall–Kier alpha value is -2.21. The largest absolute Gasteiger partial charge is 0.490 e. The first-order valence-corrected chi connectivity index (χ1v) is 9.93. The molecule has 1 amide bonds. The number of aryl methyl sites for hydroxylation is 1. The highest BCUT2D eigenvalue weighted by Crippen LogP contribution is 2.20. The lowest BCUT2D eigenvalue weighted by Gasteiger charge is -2.32. The maximum Gasteiger partial charge on any atom is 0.339 e. The standard InChI is InChI=1S/C20H23NO4S/c1-15-11-18(12-20(23)24-15)25-17-7-9-21(10-8-17)19(22)14-26-13-16-5-3-2-4-6-16/h2-6,11-12,17H,7-10,13-14H2,1H3. The van der Waals surface area contributed by atoms with E-state index in [1.165, 1.54) is 11.6 Å². The second kappa shape index (κ2) is 8.94. The van der Waals surface area contributed by atoms with Gasteiger partial charge in [0, 0.05) is 37.8 Å². The molecule has 0 bridgehead atoms. The van der Waals surface area contributed by atoms with Gasteiger partial charge in [0.2, 0.25) is 5.91 Å². The smallest absolute Gasteiger partial charge is 0.339 e. The van der Waals surface area contributed by atoms with Gasteiger partial charge in [0.05, 0.1) is 11.8 Å². The first-order valence-electron chi connectivity index (χ1n) is 8.78. The van der Waals surface area contributed by atoms with Gasteiger partial charge >= 0.3 is 5.63 Å². The van der Waals surface area contributed by atoms with Crippen LogP contribution in [0.4, 0.5) is 0 Å². The van der Waals surface area contributed by atoms with Crippen LogP contribution in [0.1, 0.15) is 24.2 Å². The number of thioether (sulfide) groups is 1. The lowest BCUT2D eigenvalue weighted by molar-refractivity contribution is -0.130. The quantitative estimate of drug-likeness (QED) is 0.778. The molecule has 0 N–H and O–H groups in total. The monoisotopic (exact) mass is 373 g/mol. The van der Waals surface area contributed by atoms with Crippen LogP contribution in [0.25, 0.3) is 0 Å². The molecule has 1 fully saturated rings. The summed E-state index contributed by atoms with van der Waals surface area (Å²) in [4.78, 5) is 25.7. The summed E-state index contributed by atoms with van der Waals surface area (Å²) in [5.41, 5.74) is 0.836. The van der Waals surface area contributed by atoms with Gasteiger partial charge in [-0.25, -0.2) is 4.79 Å². The molecule has 0 aliphatic carbocycles. The van der Waals surface area contributed by atoms with Gasteiger partial charge < -0.3 is 14.1 Å². The average Bonchev–Trinajstić information content (AvgIpc) is 2.62. The summed E-state index contributed by atoms with van der Waals surface area (Å²) < 4.78 is 10.8. The van der Waals surface area contributed by atoms with E-state index in [-0.39, 0.29) is 12.0 Å². The topological polar surface area (TPSA) is 59.8 Å². The number of carbonyl (C=O) groups excluding carboxylic acids is 1. The van der Waals surface area contributed by atoms with Gasteiger partial charge in [-0.3, -0.25) is 4.79 Å². The van der Waals surface area contributed by atoms with Crippen LogP contribution in [-0.4, -0.2) is 35.8 Å². The van der Waals surface area contributed by atoms with Crippen molar-refractivity contribution in [3.05, 3.63) is 64.2 Å². The normalized spacial score (nSPS) is 15.0. The van der Waals surface area contributed by atoms with E-state index in [1.807, 2.05) is 23.1 Å². The summed E-state index contributed by atoms with van der Waals surface area (Å²) in [6, 6.07) is 13.3. The fraction of sp³-hybridized carbons (Fsp3) is 0.400. The molecule has 138 valence electrons. The Morgan fingerprint density at radius 3 is 2.65 bits per heavy atom. The van der Waals surface area contributed by atoms with Crippen molar-refractivity contribution in [2.24, 2.45) is 0 Å². The summed E-state index contributed by atoms with van der Waals surface area (Å²) in [6.07, 6.45) is 1.57. The fourth-order valence-electron chi connectivity index (χ4n) is 2.98. The Labute approximate surface area is 157 Å². The van der Waals surface area contributed by atoms with E-state index in [1.54, 1.807) is 24.8 Å². The van der Waals surface area contributed by atoms with E-state index in [9.17, 15) is 9.59 Å². The van der Waals surface area contributed by atoms with Crippen LogP contribution in [0.5, 0.6) is 5.75 Å². The SMILES string of the molecule is Cc1cc(OC2CCN(C(=O)CSCc3ccccc3)CC2)cc(=O)o1. The molecule has 1 saturated heterocycles. The number of ether oxygens (including phenoxy) is 1. The number of amides is 1.